The second-order valence-electron chi connectivity index (χ2n) is 6.27. The largest absolute Gasteiger partial charge is 0.302 e. The molecule has 1 fully saturated rings. The molecule has 3 rings (SSSR count). The summed E-state index contributed by atoms with van der Waals surface area (Å²) in [6.07, 6.45) is 3.02. The lowest BCUT2D eigenvalue weighted by molar-refractivity contribution is -0.122. The van der Waals surface area contributed by atoms with Gasteiger partial charge in [0.25, 0.3) is 0 Å². The topological polar surface area (TPSA) is 79.4 Å². The third kappa shape index (κ3) is 3.82. The Morgan fingerprint density at radius 2 is 1.88 bits per heavy atom. The normalized spacial score (nSPS) is 15.0. The molecule has 0 aliphatic heterocycles. The highest BCUT2D eigenvalue weighted by molar-refractivity contribution is 7.89. The molecule has 2 aromatic rings. The maximum atomic E-state index is 12.5. The monoisotopic (exact) mass is 393 g/mol. The Labute approximate surface area is 158 Å². The number of nitrogens with zero attached hydrogens (tertiary/aromatic N) is 2. The second-order valence-corrected chi connectivity index (χ2v) is 9.06. The van der Waals surface area contributed by atoms with Crippen molar-refractivity contribution < 1.29 is 13.2 Å². The lowest BCUT2D eigenvalue weighted by Gasteiger charge is -2.23. The van der Waals surface area contributed by atoms with Crippen LogP contribution >= 0.6 is 11.3 Å². The van der Waals surface area contributed by atoms with Crippen LogP contribution in [0.5, 0.6) is 0 Å². The molecule has 1 saturated carbocycles. The van der Waals surface area contributed by atoms with E-state index < -0.39 is 10.0 Å². The van der Waals surface area contributed by atoms with E-state index in [4.69, 9.17) is 0 Å². The number of hydrogen-bond donors (Lipinski definition) is 1. The number of benzene rings is 1. The van der Waals surface area contributed by atoms with Crippen molar-refractivity contribution in [3.8, 4) is 11.3 Å². The Kier molecular flexibility index (Phi) is 5.74. The minimum absolute atomic E-state index is 0.0396. The molecule has 6 nitrogen and oxygen atoms in total. The van der Waals surface area contributed by atoms with E-state index in [1.165, 1.54) is 15.6 Å². The summed E-state index contributed by atoms with van der Waals surface area (Å²) in [7, 11) is -3.46. The van der Waals surface area contributed by atoms with E-state index in [-0.39, 0.29) is 16.7 Å². The SMILES string of the molecule is CCN(CC)S(=O)(=O)c1ccc(-c2csc(NC(=O)C3CCC3)n2)cc1. The molecule has 1 heterocycles. The summed E-state index contributed by atoms with van der Waals surface area (Å²) in [6, 6.07) is 6.72. The highest BCUT2D eigenvalue weighted by atomic mass is 32.2. The van der Waals surface area contributed by atoms with E-state index in [1.54, 1.807) is 24.3 Å². The van der Waals surface area contributed by atoms with Gasteiger partial charge in [0.2, 0.25) is 15.9 Å². The number of aromatic nitrogens is 1. The molecule has 140 valence electrons. The molecule has 1 aromatic heterocycles. The Hall–Kier alpha value is -1.77. The molecule has 1 aliphatic carbocycles. The summed E-state index contributed by atoms with van der Waals surface area (Å²) in [5.41, 5.74) is 1.55. The van der Waals surface area contributed by atoms with Gasteiger partial charge in [-0.05, 0) is 25.0 Å². The molecular formula is C18H23N3O3S2. The van der Waals surface area contributed by atoms with Gasteiger partial charge in [-0.3, -0.25) is 4.79 Å². The van der Waals surface area contributed by atoms with E-state index in [9.17, 15) is 13.2 Å². The minimum atomic E-state index is -3.46. The minimum Gasteiger partial charge on any atom is -0.302 e. The van der Waals surface area contributed by atoms with Crippen LogP contribution in [0.25, 0.3) is 11.3 Å². The van der Waals surface area contributed by atoms with Gasteiger partial charge in [0.1, 0.15) is 0 Å². The number of hydrogen-bond acceptors (Lipinski definition) is 5. The molecule has 0 radical (unpaired) electrons. The van der Waals surface area contributed by atoms with Gasteiger partial charge in [-0.15, -0.1) is 11.3 Å². The van der Waals surface area contributed by atoms with E-state index in [0.29, 0.717) is 18.2 Å². The highest BCUT2D eigenvalue weighted by Crippen LogP contribution is 2.30. The van der Waals surface area contributed by atoms with Crippen LogP contribution < -0.4 is 5.32 Å². The fourth-order valence-corrected chi connectivity index (χ4v) is 5.03. The van der Waals surface area contributed by atoms with Crippen LogP contribution in [0.4, 0.5) is 5.13 Å². The summed E-state index contributed by atoms with van der Waals surface area (Å²) >= 11 is 1.38. The van der Waals surface area contributed by atoms with Crippen molar-refractivity contribution in [1.29, 1.82) is 0 Å². The van der Waals surface area contributed by atoms with E-state index in [1.807, 2.05) is 19.2 Å². The van der Waals surface area contributed by atoms with Crippen LogP contribution in [0, 0.1) is 5.92 Å². The van der Waals surface area contributed by atoms with Gasteiger partial charge in [0.05, 0.1) is 10.6 Å². The third-order valence-electron chi connectivity index (χ3n) is 4.70. The molecule has 1 N–H and O–H groups in total. The number of carbonyl (C=O) groups excluding carboxylic acids is 1. The summed E-state index contributed by atoms with van der Waals surface area (Å²) in [4.78, 5) is 16.7. The highest BCUT2D eigenvalue weighted by Gasteiger charge is 2.26. The van der Waals surface area contributed by atoms with Crippen LogP contribution in [0.3, 0.4) is 0 Å². The smallest absolute Gasteiger partial charge is 0.243 e. The van der Waals surface area contributed by atoms with Gasteiger partial charge in [-0.2, -0.15) is 4.31 Å². The second kappa shape index (κ2) is 7.85. The Balaban J connectivity index is 1.74. The number of rotatable bonds is 7. The lowest BCUT2D eigenvalue weighted by atomic mass is 9.85. The molecule has 0 atom stereocenters. The summed E-state index contributed by atoms with van der Waals surface area (Å²) in [6.45, 7) is 4.53. The van der Waals surface area contributed by atoms with Crippen molar-refractivity contribution in [3.05, 3.63) is 29.6 Å². The summed E-state index contributed by atoms with van der Waals surface area (Å²) < 4.78 is 26.5. The first-order chi connectivity index (χ1) is 12.5. The zero-order valence-corrected chi connectivity index (χ0v) is 16.6. The number of amides is 1. The number of anilines is 1. The standard InChI is InChI=1S/C18H23N3O3S2/c1-3-21(4-2)26(23,24)15-10-8-13(9-11-15)16-12-25-18(19-16)20-17(22)14-6-5-7-14/h8-12,14H,3-7H2,1-2H3,(H,19,20,22). The Bertz CT molecular complexity index is 867. The van der Waals surface area contributed by atoms with E-state index in [2.05, 4.69) is 10.3 Å². The first-order valence-electron chi connectivity index (χ1n) is 8.82. The zero-order chi connectivity index (χ0) is 18.7. The van der Waals surface area contributed by atoms with Gasteiger partial charge < -0.3 is 5.32 Å². The quantitative estimate of drug-likeness (QED) is 0.780. The number of carbonyl (C=O) groups is 1. The van der Waals surface area contributed by atoms with Crippen LogP contribution in [0.1, 0.15) is 33.1 Å². The number of nitrogens with one attached hydrogen (secondary N) is 1. The Morgan fingerprint density at radius 3 is 2.42 bits per heavy atom. The zero-order valence-electron chi connectivity index (χ0n) is 14.9. The van der Waals surface area contributed by atoms with Crippen LogP contribution in [-0.4, -0.2) is 36.7 Å². The van der Waals surface area contributed by atoms with Gasteiger partial charge in [-0.25, -0.2) is 13.4 Å². The van der Waals surface area contributed by atoms with Crippen molar-refractivity contribution in [2.75, 3.05) is 18.4 Å². The molecule has 0 spiro atoms. The van der Waals surface area contributed by atoms with Crippen LogP contribution in [0.15, 0.2) is 34.5 Å². The van der Waals surface area contributed by atoms with Gasteiger partial charge in [0.15, 0.2) is 5.13 Å². The predicted octanol–water partition coefficient (Wildman–Crippen LogP) is 3.58. The van der Waals surface area contributed by atoms with Gasteiger partial charge >= 0.3 is 0 Å². The summed E-state index contributed by atoms with van der Waals surface area (Å²) in [5, 5.41) is 5.31. The fourth-order valence-electron chi connectivity index (χ4n) is 2.85. The van der Waals surface area contributed by atoms with Gasteiger partial charge in [-0.1, -0.05) is 32.4 Å². The average Bonchev–Trinajstić information content (AvgIpc) is 3.02. The van der Waals surface area contributed by atoms with Crippen molar-refractivity contribution in [1.82, 2.24) is 9.29 Å². The molecule has 0 unspecified atom stereocenters. The third-order valence-corrected chi connectivity index (χ3v) is 7.53. The maximum Gasteiger partial charge on any atom is 0.243 e. The first-order valence-corrected chi connectivity index (χ1v) is 11.1. The van der Waals surface area contributed by atoms with Crippen molar-refractivity contribution in [3.63, 3.8) is 0 Å². The molecular weight excluding hydrogens is 370 g/mol. The molecule has 26 heavy (non-hydrogen) atoms. The van der Waals surface area contributed by atoms with Gasteiger partial charge in [0, 0.05) is 30.0 Å². The molecule has 1 aliphatic rings. The lowest BCUT2D eigenvalue weighted by Crippen LogP contribution is -2.30. The fraction of sp³-hybridized carbons (Fsp3) is 0.444. The maximum absolute atomic E-state index is 12.5. The van der Waals surface area contributed by atoms with Crippen molar-refractivity contribution in [2.45, 2.75) is 38.0 Å². The molecule has 8 heteroatoms. The molecule has 0 bridgehead atoms. The number of sulfonamides is 1. The van der Waals surface area contributed by atoms with Crippen LogP contribution in [-0.2, 0) is 14.8 Å². The number of thiazole rings is 1. The molecule has 1 aromatic carbocycles. The van der Waals surface area contributed by atoms with E-state index >= 15 is 0 Å². The van der Waals surface area contributed by atoms with Crippen molar-refractivity contribution in [2.24, 2.45) is 5.92 Å². The predicted molar refractivity (Wildman–Crippen MR) is 104 cm³/mol. The Morgan fingerprint density at radius 1 is 1.23 bits per heavy atom. The average molecular weight is 394 g/mol. The first kappa shape index (κ1) is 19.0. The van der Waals surface area contributed by atoms with Crippen LogP contribution in [0.2, 0.25) is 0 Å². The van der Waals surface area contributed by atoms with Crippen molar-refractivity contribution >= 4 is 32.4 Å². The molecule has 1 amide bonds. The molecule has 0 saturated heterocycles. The van der Waals surface area contributed by atoms with E-state index in [0.717, 1.165) is 30.5 Å². The summed E-state index contributed by atoms with van der Waals surface area (Å²) in [5.74, 6) is 0.157.